The van der Waals surface area contributed by atoms with E-state index in [0.717, 1.165) is 19.1 Å². The number of rotatable bonds is 10. The molecular weight excluding hydrogens is 232 g/mol. The van der Waals surface area contributed by atoms with E-state index in [0.29, 0.717) is 6.61 Å². The maximum atomic E-state index is 11.4. The Morgan fingerprint density at radius 3 is 2.17 bits per heavy atom. The molecule has 0 N–H and O–H groups in total. The summed E-state index contributed by atoms with van der Waals surface area (Å²) in [7, 11) is 3.16. The van der Waals surface area contributed by atoms with Gasteiger partial charge in [-0.1, -0.05) is 34.1 Å². The molecule has 0 rings (SSSR count). The monoisotopic (exact) mass is 260 g/mol. The van der Waals surface area contributed by atoms with Crippen LogP contribution in [0.15, 0.2) is 0 Å². The van der Waals surface area contributed by atoms with Crippen LogP contribution in [0, 0.1) is 11.8 Å². The molecule has 0 aromatic carbocycles. The molecule has 0 aliphatic rings. The lowest BCUT2D eigenvalue weighted by Crippen LogP contribution is -2.50. The molecule has 0 bridgehead atoms. The van der Waals surface area contributed by atoms with Crippen LogP contribution in [0.1, 0.15) is 40.5 Å². The molecule has 108 valence electrons. The first kappa shape index (κ1) is 17.6. The van der Waals surface area contributed by atoms with Crippen molar-refractivity contribution in [2.45, 2.75) is 52.4 Å². The molecule has 4 heteroatoms. The Morgan fingerprint density at radius 2 is 1.83 bits per heavy atom. The van der Waals surface area contributed by atoms with Crippen molar-refractivity contribution in [2.75, 3.05) is 20.8 Å². The molecule has 0 aromatic rings. The molecule has 0 radical (unpaired) electrons. The third-order valence-electron chi connectivity index (χ3n) is 3.37. The van der Waals surface area contributed by atoms with Crippen molar-refractivity contribution in [1.29, 1.82) is 0 Å². The summed E-state index contributed by atoms with van der Waals surface area (Å²) in [6.07, 6.45) is 2.59. The fourth-order valence-corrected chi connectivity index (χ4v) is 2.22. The molecule has 0 amide bonds. The van der Waals surface area contributed by atoms with Crippen molar-refractivity contribution in [3.63, 3.8) is 0 Å². The molecule has 4 nitrogen and oxygen atoms in total. The lowest BCUT2D eigenvalue weighted by Gasteiger charge is -2.38. The highest BCUT2D eigenvalue weighted by molar-refractivity contribution is 5.61. The molecule has 0 aliphatic carbocycles. The first-order valence-electron chi connectivity index (χ1n) is 6.67. The first-order valence-corrected chi connectivity index (χ1v) is 6.67. The van der Waals surface area contributed by atoms with E-state index < -0.39 is 5.79 Å². The van der Waals surface area contributed by atoms with Crippen LogP contribution in [0.3, 0.4) is 0 Å². The van der Waals surface area contributed by atoms with Crippen LogP contribution in [0.5, 0.6) is 0 Å². The number of carbonyl (C=O) groups is 1. The molecule has 3 atom stereocenters. The average molecular weight is 260 g/mol. The molecule has 0 heterocycles. The number of hydrogen-bond donors (Lipinski definition) is 0. The van der Waals surface area contributed by atoms with Gasteiger partial charge in [-0.25, -0.2) is 0 Å². The highest BCUT2D eigenvalue weighted by atomic mass is 16.7. The van der Waals surface area contributed by atoms with Gasteiger partial charge in [0.15, 0.2) is 6.29 Å². The van der Waals surface area contributed by atoms with Crippen LogP contribution in [-0.4, -0.2) is 39.0 Å². The van der Waals surface area contributed by atoms with Gasteiger partial charge in [-0.3, -0.25) is 4.79 Å². The van der Waals surface area contributed by atoms with E-state index in [4.69, 9.17) is 14.2 Å². The summed E-state index contributed by atoms with van der Waals surface area (Å²) in [6, 6.07) is 0. The fraction of sp³-hybridized carbons (Fsp3) is 0.929. The van der Waals surface area contributed by atoms with Gasteiger partial charge in [0.25, 0.3) is 0 Å². The van der Waals surface area contributed by atoms with Crippen molar-refractivity contribution in [3.05, 3.63) is 0 Å². The van der Waals surface area contributed by atoms with E-state index in [-0.39, 0.29) is 17.9 Å². The molecule has 0 aliphatic heterocycles. The fourth-order valence-electron chi connectivity index (χ4n) is 2.22. The van der Waals surface area contributed by atoms with Gasteiger partial charge >= 0.3 is 0 Å². The molecule has 0 spiro atoms. The van der Waals surface area contributed by atoms with Crippen LogP contribution in [-0.2, 0) is 19.0 Å². The van der Waals surface area contributed by atoms with Gasteiger partial charge in [-0.2, -0.15) is 0 Å². The van der Waals surface area contributed by atoms with E-state index in [1.807, 2.05) is 6.92 Å². The van der Waals surface area contributed by atoms with E-state index in [2.05, 4.69) is 20.8 Å². The smallest absolute Gasteiger partial charge is 0.230 e. The minimum Gasteiger partial charge on any atom is -0.381 e. The molecule has 0 aromatic heterocycles. The Labute approximate surface area is 111 Å². The van der Waals surface area contributed by atoms with Gasteiger partial charge in [0.2, 0.25) is 5.79 Å². The van der Waals surface area contributed by atoms with Crippen LogP contribution in [0.4, 0.5) is 0 Å². The quantitative estimate of drug-likeness (QED) is 0.344. The van der Waals surface area contributed by atoms with E-state index in [1.54, 1.807) is 7.11 Å². The first-order chi connectivity index (χ1) is 8.48. The molecule has 0 saturated heterocycles. The van der Waals surface area contributed by atoms with E-state index in [1.165, 1.54) is 7.11 Å². The number of unbranched alkanes of at least 4 members (excludes halogenated alkanes) is 1. The Bertz CT molecular complexity index is 230. The van der Waals surface area contributed by atoms with Gasteiger partial charge in [0, 0.05) is 20.1 Å². The third-order valence-corrected chi connectivity index (χ3v) is 3.37. The minimum atomic E-state index is -1.21. The summed E-state index contributed by atoms with van der Waals surface area (Å²) >= 11 is 0. The van der Waals surface area contributed by atoms with Crippen molar-refractivity contribution >= 4 is 6.29 Å². The number of aldehydes is 1. The molecule has 3 unspecified atom stereocenters. The summed E-state index contributed by atoms with van der Waals surface area (Å²) in [5.74, 6) is -1.09. The van der Waals surface area contributed by atoms with Crippen molar-refractivity contribution in [1.82, 2.24) is 0 Å². The molecule has 0 fully saturated rings. The maximum Gasteiger partial charge on any atom is 0.230 e. The predicted molar refractivity (Wildman–Crippen MR) is 71.5 cm³/mol. The average Bonchev–Trinajstić information content (AvgIpc) is 2.35. The Balaban J connectivity index is 4.88. The summed E-state index contributed by atoms with van der Waals surface area (Å²) in [5.41, 5.74) is 0. The number of hydrogen-bond acceptors (Lipinski definition) is 4. The Hall–Kier alpha value is -0.450. The number of ether oxygens (including phenoxy) is 3. The highest BCUT2D eigenvalue weighted by Gasteiger charge is 2.43. The SMILES string of the molecule is CCCCOC(C=O)(OC)C(C)C(OC)C(C)C. The molecule has 18 heavy (non-hydrogen) atoms. The predicted octanol–water partition coefficient (Wildman–Crippen LogP) is 2.65. The topological polar surface area (TPSA) is 44.8 Å². The van der Waals surface area contributed by atoms with Gasteiger partial charge in [-0.15, -0.1) is 0 Å². The number of carbonyl (C=O) groups excluding carboxylic acids is 1. The van der Waals surface area contributed by atoms with Crippen molar-refractivity contribution in [2.24, 2.45) is 11.8 Å². The van der Waals surface area contributed by atoms with Gasteiger partial charge < -0.3 is 14.2 Å². The van der Waals surface area contributed by atoms with Crippen LogP contribution in [0.25, 0.3) is 0 Å². The second kappa shape index (κ2) is 8.62. The van der Waals surface area contributed by atoms with Gasteiger partial charge in [0.05, 0.1) is 12.7 Å². The summed E-state index contributed by atoms with van der Waals surface area (Å²) in [4.78, 5) is 11.4. The van der Waals surface area contributed by atoms with Crippen molar-refractivity contribution < 1.29 is 19.0 Å². The Kier molecular flexibility index (Phi) is 8.40. The van der Waals surface area contributed by atoms with E-state index >= 15 is 0 Å². The van der Waals surface area contributed by atoms with Crippen LogP contribution in [0.2, 0.25) is 0 Å². The summed E-state index contributed by atoms with van der Waals surface area (Å²) in [6.45, 7) is 8.64. The zero-order chi connectivity index (χ0) is 14.2. The minimum absolute atomic E-state index is 0.0863. The second-order valence-electron chi connectivity index (χ2n) is 4.98. The largest absolute Gasteiger partial charge is 0.381 e. The molecule has 0 saturated carbocycles. The summed E-state index contributed by atoms with van der Waals surface area (Å²) in [5, 5.41) is 0. The standard InChI is InChI=1S/C14H28O4/c1-7-8-9-18-14(10-15,17-6)12(4)13(16-5)11(2)3/h10-13H,7-9H2,1-6H3. The van der Waals surface area contributed by atoms with Gasteiger partial charge in [0.1, 0.15) is 0 Å². The highest BCUT2D eigenvalue weighted by Crippen LogP contribution is 2.29. The van der Waals surface area contributed by atoms with E-state index in [9.17, 15) is 4.79 Å². The summed E-state index contributed by atoms with van der Waals surface area (Å²) < 4.78 is 16.5. The maximum absolute atomic E-state index is 11.4. The Morgan fingerprint density at radius 1 is 1.22 bits per heavy atom. The lowest BCUT2D eigenvalue weighted by molar-refractivity contribution is -0.247. The van der Waals surface area contributed by atoms with Crippen LogP contribution < -0.4 is 0 Å². The normalized spacial score (nSPS) is 18.4. The zero-order valence-electron chi connectivity index (χ0n) is 12.6. The zero-order valence-corrected chi connectivity index (χ0v) is 12.6. The second-order valence-corrected chi connectivity index (χ2v) is 4.98. The van der Waals surface area contributed by atoms with Crippen LogP contribution >= 0.6 is 0 Å². The molecular formula is C14H28O4. The lowest BCUT2D eigenvalue weighted by atomic mass is 9.88. The van der Waals surface area contributed by atoms with Gasteiger partial charge in [-0.05, 0) is 12.3 Å². The number of methoxy groups -OCH3 is 2. The third kappa shape index (κ3) is 4.34. The van der Waals surface area contributed by atoms with Crippen molar-refractivity contribution in [3.8, 4) is 0 Å².